The van der Waals surface area contributed by atoms with Crippen LogP contribution in [0.1, 0.15) is 47.3 Å². The lowest BCUT2D eigenvalue weighted by Gasteiger charge is -2.36. The van der Waals surface area contributed by atoms with Gasteiger partial charge in [0.1, 0.15) is 5.75 Å². The molecule has 2 aromatic rings. The summed E-state index contributed by atoms with van der Waals surface area (Å²) in [5, 5.41) is 3.70. The van der Waals surface area contributed by atoms with E-state index in [4.69, 9.17) is 9.16 Å². The first-order valence-electron chi connectivity index (χ1n) is 9.95. The van der Waals surface area contributed by atoms with Gasteiger partial charge in [0.15, 0.2) is 14.6 Å². The molecule has 1 N–H and O–H groups in total. The number of ether oxygens (including phenoxy) is 1. The van der Waals surface area contributed by atoms with Gasteiger partial charge in [-0.3, -0.25) is 4.79 Å². The van der Waals surface area contributed by atoms with E-state index >= 15 is 0 Å². The minimum atomic E-state index is -1.67. The summed E-state index contributed by atoms with van der Waals surface area (Å²) in [6, 6.07) is 9.88. The molecule has 158 valence electrons. The summed E-state index contributed by atoms with van der Waals surface area (Å²) in [5.41, 5.74) is 2.03. The predicted molar refractivity (Wildman–Crippen MR) is 128 cm³/mol. The number of aldehydes is 1. The molecule has 0 aliphatic carbocycles. The Morgan fingerprint density at radius 1 is 1.10 bits per heavy atom. The molecular weight excluding hydrogens is 398 g/mol. The Hall–Kier alpha value is -1.89. The number of carbonyl (C=O) groups is 1. The Kier molecular flexibility index (Phi) is 8.25. The maximum absolute atomic E-state index is 10.8. The molecule has 0 radical (unpaired) electrons. The van der Waals surface area contributed by atoms with Crippen molar-refractivity contribution in [1.29, 1.82) is 0 Å². The Bertz CT molecular complexity index is 837. The van der Waals surface area contributed by atoms with Crippen LogP contribution in [-0.4, -0.2) is 34.9 Å². The second-order valence-corrected chi connectivity index (χ2v) is 14.5. The first-order valence-corrected chi connectivity index (χ1v) is 13.7. The van der Waals surface area contributed by atoms with Gasteiger partial charge in [-0.15, -0.1) is 11.3 Å². The normalized spacial score (nSPS) is 12.3. The lowest BCUT2D eigenvalue weighted by Crippen LogP contribution is -2.41. The molecule has 0 spiro atoms. The Labute approximate surface area is 180 Å². The van der Waals surface area contributed by atoms with Crippen molar-refractivity contribution in [2.75, 3.05) is 25.6 Å². The van der Waals surface area contributed by atoms with E-state index in [-0.39, 0.29) is 5.04 Å². The van der Waals surface area contributed by atoms with Gasteiger partial charge < -0.3 is 14.5 Å². The number of carbonyl (C=O) groups excluding carboxylic acids is 1. The Morgan fingerprint density at radius 2 is 1.83 bits per heavy atom. The number of anilines is 1. The van der Waals surface area contributed by atoms with Gasteiger partial charge in [-0.1, -0.05) is 20.8 Å². The number of hydrogen-bond acceptors (Lipinski definition) is 5. The number of thiophene rings is 1. The van der Waals surface area contributed by atoms with Crippen molar-refractivity contribution in [1.82, 2.24) is 0 Å². The van der Waals surface area contributed by atoms with Crippen LogP contribution in [0.4, 0.5) is 5.69 Å². The van der Waals surface area contributed by atoms with Crippen molar-refractivity contribution in [3.8, 4) is 5.75 Å². The standard InChI is InChI=1S/C23H33NO3SSi/c1-23(2,3)29(5,6)27-15-7-14-24-19-10-8-18(22(16-19)26-4)9-11-20-12-13-21(17-25)28-20/h8-13,16-17,24H,7,14-15H2,1-6H3. The molecule has 4 nitrogen and oxygen atoms in total. The van der Waals surface area contributed by atoms with Crippen molar-refractivity contribution in [2.45, 2.75) is 45.3 Å². The van der Waals surface area contributed by atoms with Gasteiger partial charge in [0, 0.05) is 35.3 Å². The van der Waals surface area contributed by atoms with Crippen LogP contribution in [0.2, 0.25) is 18.1 Å². The largest absolute Gasteiger partial charge is 0.496 e. The molecule has 1 heterocycles. The molecule has 1 aromatic carbocycles. The van der Waals surface area contributed by atoms with Crippen LogP contribution in [0.15, 0.2) is 30.3 Å². The molecule has 0 fully saturated rings. The van der Waals surface area contributed by atoms with E-state index in [9.17, 15) is 4.79 Å². The van der Waals surface area contributed by atoms with Gasteiger partial charge in [-0.25, -0.2) is 0 Å². The summed E-state index contributed by atoms with van der Waals surface area (Å²) in [5.74, 6) is 0.816. The minimum absolute atomic E-state index is 0.245. The van der Waals surface area contributed by atoms with E-state index in [1.165, 1.54) is 11.3 Å². The van der Waals surface area contributed by atoms with E-state index in [0.717, 1.165) is 52.6 Å². The molecule has 0 saturated heterocycles. The molecule has 2 rings (SSSR count). The highest BCUT2D eigenvalue weighted by Gasteiger charge is 2.36. The Balaban J connectivity index is 1.89. The van der Waals surface area contributed by atoms with E-state index in [1.807, 2.05) is 36.4 Å². The SMILES string of the molecule is COc1cc(NCCCO[Si](C)(C)C(C)(C)C)ccc1C=Cc1ccc(C=O)s1. The molecule has 0 unspecified atom stereocenters. The molecule has 0 atom stereocenters. The maximum Gasteiger partial charge on any atom is 0.191 e. The fourth-order valence-electron chi connectivity index (χ4n) is 2.50. The highest BCUT2D eigenvalue weighted by Crippen LogP contribution is 2.36. The van der Waals surface area contributed by atoms with Crippen molar-refractivity contribution in [2.24, 2.45) is 0 Å². The molecular formula is C23H33NO3SSi. The first kappa shape index (κ1) is 23.4. The second kappa shape index (κ2) is 10.2. The lowest BCUT2D eigenvalue weighted by atomic mass is 10.1. The number of nitrogens with one attached hydrogen (secondary N) is 1. The van der Waals surface area contributed by atoms with E-state index in [1.54, 1.807) is 7.11 Å². The molecule has 0 saturated carbocycles. The number of methoxy groups -OCH3 is 1. The van der Waals surface area contributed by atoms with Gasteiger partial charge in [-0.2, -0.15) is 0 Å². The van der Waals surface area contributed by atoms with Crippen LogP contribution in [0.25, 0.3) is 12.2 Å². The summed E-state index contributed by atoms with van der Waals surface area (Å²) in [6.07, 6.45) is 5.85. The van der Waals surface area contributed by atoms with Crippen molar-refractivity contribution >= 4 is 43.8 Å². The molecule has 0 aliphatic heterocycles. The minimum Gasteiger partial charge on any atom is -0.496 e. The average molecular weight is 432 g/mol. The van der Waals surface area contributed by atoms with Gasteiger partial charge in [0.2, 0.25) is 0 Å². The number of rotatable bonds is 10. The third-order valence-electron chi connectivity index (χ3n) is 5.34. The van der Waals surface area contributed by atoms with Crippen LogP contribution >= 0.6 is 11.3 Å². The summed E-state index contributed by atoms with van der Waals surface area (Å²) in [7, 11) is 0.0112. The van der Waals surface area contributed by atoms with Crippen molar-refractivity contribution < 1.29 is 14.0 Å². The van der Waals surface area contributed by atoms with E-state index < -0.39 is 8.32 Å². The first-order chi connectivity index (χ1) is 13.7. The smallest absolute Gasteiger partial charge is 0.191 e. The molecule has 6 heteroatoms. The number of benzene rings is 1. The lowest BCUT2D eigenvalue weighted by molar-refractivity contribution is 0.112. The highest BCUT2D eigenvalue weighted by atomic mass is 32.1. The third-order valence-corrected chi connectivity index (χ3v) is 10.9. The Morgan fingerprint density at radius 3 is 2.45 bits per heavy atom. The molecule has 0 amide bonds. The van der Waals surface area contributed by atoms with Crippen molar-refractivity contribution in [3.05, 3.63) is 45.6 Å². The zero-order chi connectivity index (χ0) is 21.5. The summed E-state index contributed by atoms with van der Waals surface area (Å²) >= 11 is 1.47. The number of hydrogen-bond donors (Lipinski definition) is 1. The fourth-order valence-corrected chi connectivity index (χ4v) is 4.32. The maximum atomic E-state index is 10.8. The molecule has 29 heavy (non-hydrogen) atoms. The average Bonchev–Trinajstić information content (AvgIpc) is 3.13. The summed E-state index contributed by atoms with van der Waals surface area (Å²) in [6.45, 7) is 13.0. The fraction of sp³-hybridized carbons (Fsp3) is 0.435. The third kappa shape index (κ3) is 6.84. The van der Waals surface area contributed by atoms with Crippen LogP contribution < -0.4 is 10.1 Å². The van der Waals surface area contributed by atoms with Gasteiger partial charge in [0.05, 0.1) is 12.0 Å². The van der Waals surface area contributed by atoms with Crippen LogP contribution in [-0.2, 0) is 4.43 Å². The van der Waals surface area contributed by atoms with Gasteiger partial charge in [0.25, 0.3) is 0 Å². The van der Waals surface area contributed by atoms with Crippen LogP contribution in [0, 0.1) is 0 Å². The molecule has 1 aromatic heterocycles. The zero-order valence-corrected chi connectivity index (χ0v) is 20.2. The van der Waals surface area contributed by atoms with Crippen molar-refractivity contribution in [3.63, 3.8) is 0 Å². The monoisotopic (exact) mass is 431 g/mol. The molecule has 0 aliphatic rings. The van der Waals surface area contributed by atoms with Gasteiger partial charge >= 0.3 is 0 Å². The zero-order valence-electron chi connectivity index (χ0n) is 18.4. The predicted octanol–water partition coefficient (Wildman–Crippen LogP) is 6.56. The molecule has 0 bridgehead atoms. The summed E-state index contributed by atoms with van der Waals surface area (Å²) < 4.78 is 11.8. The van der Waals surface area contributed by atoms with Crippen LogP contribution in [0.3, 0.4) is 0 Å². The van der Waals surface area contributed by atoms with Crippen LogP contribution in [0.5, 0.6) is 5.75 Å². The summed E-state index contributed by atoms with van der Waals surface area (Å²) in [4.78, 5) is 12.6. The highest BCUT2D eigenvalue weighted by molar-refractivity contribution is 7.14. The van der Waals surface area contributed by atoms with Gasteiger partial charge in [-0.05, 0) is 61.0 Å². The quantitative estimate of drug-likeness (QED) is 0.263. The van der Waals surface area contributed by atoms with E-state index in [0.29, 0.717) is 0 Å². The van der Waals surface area contributed by atoms with E-state index in [2.05, 4.69) is 45.2 Å². The topological polar surface area (TPSA) is 47.6 Å². The second-order valence-electron chi connectivity index (χ2n) is 8.54.